The first kappa shape index (κ1) is 17.2. The molecule has 0 aliphatic rings. The number of carbonyl (C=O) groups is 1. The maximum atomic E-state index is 12.8. The number of amides is 1. The topological polar surface area (TPSA) is 46.9 Å². The number of hydrogen-bond donors (Lipinski definition) is 1. The summed E-state index contributed by atoms with van der Waals surface area (Å²) in [7, 11) is 1.93. The summed E-state index contributed by atoms with van der Waals surface area (Å²) >= 11 is 0. The van der Waals surface area contributed by atoms with Gasteiger partial charge in [-0.05, 0) is 37.6 Å². The summed E-state index contributed by atoms with van der Waals surface area (Å²) in [4.78, 5) is 17.4. The summed E-state index contributed by atoms with van der Waals surface area (Å²) in [6.07, 6.45) is 1.95. The van der Waals surface area contributed by atoms with Crippen LogP contribution in [0, 0.1) is 0 Å². The number of nitrogens with zero attached hydrogens (tertiary/aromatic N) is 2. The van der Waals surface area contributed by atoms with E-state index in [0.29, 0.717) is 5.69 Å². The fraction of sp³-hybridized carbons (Fsp3) is 0.333. The summed E-state index contributed by atoms with van der Waals surface area (Å²) in [5, 5.41) is 4.21. The van der Waals surface area contributed by atoms with Crippen LogP contribution < -0.4 is 5.32 Å². The lowest BCUT2D eigenvalue weighted by Gasteiger charge is -2.42. The van der Waals surface area contributed by atoms with Gasteiger partial charge in [0.1, 0.15) is 11.3 Å². The molecular formula is C21H25N3O. The Morgan fingerprint density at radius 2 is 1.68 bits per heavy atom. The van der Waals surface area contributed by atoms with Crippen molar-refractivity contribution < 1.29 is 4.79 Å². The van der Waals surface area contributed by atoms with Crippen LogP contribution in [0.4, 0.5) is 0 Å². The van der Waals surface area contributed by atoms with Crippen LogP contribution in [0.5, 0.6) is 0 Å². The molecule has 0 saturated carbocycles. The number of aromatic nitrogens is 2. The standard InChI is InChI=1S/C21H25N3O/c1-20(2,16-9-7-6-8-10-16)21(3,4)23-19(25)17-12-11-15-13-14-24(5)18(15)22-17/h6-14H,1-5H3,(H,23,25). The largest absolute Gasteiger partial charge is 0.345 e. The Morgan fingerprint density at radius 3 is 2.36 bits per heavy atom. The van der Waals surface area contributed by atoms with Crippen molar-refractivity contribution in [3.8, 4) is 0 Å². The molecule has 4 heteroatoms. The molecule has 0 saturated heterocycles. The van der Waals surface area contributed by atoms with Gasteiger partial charge in [0.2, 0.25) is 0 Å². The summed E-state index contributed by atoms with van der Waals surface area (Å²) in [6, 6.07) is 16.0. The van der Waals surface area contributed by atoms with E-state index in [4.69, 9.17) is 0 Å². The molecule has 0 fully saturated rings. The summed E-state index contributed by atoms with van der Waals surface area (Å²) in [5.41, 5.74) is 1.75. The van der Waals surface area contributed by atoms with Crippen molar-refractivity contribution in [2.24, 2.45) is 7.05 Å². The second-order valence-electron chi connectivity index (χ2n) is 7.61. The average Bonchev–Trinajstić information content (AvgIpc) is 2.96. The van der Waals surface area contributed by atoms with Gasteiger partial charge >= 0.3 is 0 Å². The molecule has 0 bridgehead atoms. The van der Waals surface area contributed by atoms with Crippen molar-refractivity contribution in [1.82, 2.24) is 14.9 Å². The molecule has 3 aromatic rings. The number of carbonyl (C=O) groups excluding carboxylic acids is 1. The van der Waals surface area contributed by atoms with E-state index in [-0.39, 0.29) is 11.3 Å². The van der Waals surface area contributed by atoms with Crippen LogP contribution in [-0.2, 0) is 12.5 Å². The molecule has 1 aromatic carbocycles. The maximum Gasteiger partial charge on any atom is 0.270 e. The normalized spacial score (nSPS) is 12.4. The zero-order valence-corrected chi connectivity index (χ0v) is 15.5. The van der Waals surface area contributed by atoms with Crippen LogP contribution in [0.2, 0.25) is 0 Å². The van der Waals surface area contributed by atoms with E-state index < -0.39 is 5.54 Å². The molecule has 25 heavy (non-hydrogen) atoms. The lowest BCUT2D eigenvalue weighted by atomic mass is 9.69. The number of aryl methyl sites for hydroxylation is 1. The van der Waals surface area contributed by atoms with E-state index >= 15 is 0 Å². The molecule has 130 valence electrons. The Morgan fingerprint density at radius 1 is 1.00 bits per heavy atom. The van der Waals surface area contributed by atoms with E-state index in [1.807, 2.05) is 48.1 Å². The average molecular weight is 335 g/mol. The first-order valence-electron chi connectivity index (χ1n) is 8.52. The quantitative estimate of drug-likeness (QED) is 0.781. The van der Waals surface area contributed by atoms with Gasteiger partial charge in [-0.1, -0.05) is 44.2 Å². The predicted octanol–water partition coefficient (Wildman–Crippen LogP) is 4.06. The van der Waals surface area contributed by atoms with Gasteiger partial charge in [-0.3, -0.25) is 4.79 Å². The summed E-state index contributed by atoms with van der Waals surface area (Å²) < 4.78 is 1.92. The Hall–Kier alpha value is -2.62. The Labute approximate surface area is 148 Å². The smallest absolute Gasteiger partial charge is 0.270 e. The molecule has 0 aliphatic heterocycles. The highest BCUT2D eigenvalue weighted by Gasteiger charge is 2.39. The number of nitrogens with one attached hydrogen (secondary N) is 1. The highest BCUT2D eigenvalue weighted by atomic mass is 16.2. The molecule has 2 aromatic heterocycles. The second-order valence-corrected chi connectivity index (χ2v) is 7.61. The summed E-state index contributed by atoms with van der Waals surface area (Å²) in [6.45, 7) is 8.41. The number of hydrogen-bond acceptors (Lipinski definition) is 2. The SMILES string of the molecule is Cn1ccc2ccc(C(=O)NC(C)(C)C(C)(C)c3ccccc3)nc21. The van der Waals surface area contributed by atoms with Crippen LogP contribution in [0.1, 0.15) is 43.7 Å². The molecule has 0 atom stereocenters. The van der Waals surface area contributed by atoms with Crippen molar-refractivity contribution in [1.29, 1.82) is 0 Å². The van der Waals surface area contributed by atoms with Crippen LogP contribution in [-0.4, -0.2) is 21.0 Å². The number of fused-ring (bicyclic) bond motifs is 1. The van der Waals surface area contributed by atoms with Crippen LogP contribution in [0.25, 0.3) is 11.0 Å². The minimum atomic E-state index is -0.448. The van der Waals surface area contributed by atoms with E-state index in [2.05, 4.69) is 50.1 Å². The van der Waals surface area contributed by atoms with Gasteiger partial charge in [0.25, 0.3) is 5.91 Å². The third-order valence-electron chi connectivity index (χ3n) is 5.43. The van der Waals surface area contributed by atoms with E-state index in [1.165, 1.54) is 5.56 Å². The first-order chi connectivity index (χ1) is 11.7. The van der Waals surface area contributed by atoms with Crippen LogP contribution in [0.15, 0.2) is 54.7 Å². The fourth-order valence-corrected chi connectivity index (χ4v) is 2.98. The molecule has 0 aliphatic carbocycles. The van der Waals surface area contributed by atoms with Gasteiger partial charge in [-0.25, -0.2) is 4.98 Å². The second kappa shape index (κ2) is 6.03. The highest BCUT2D eigenvalue weighted by molar-refractivity contribution is 5.95. The third-order valence-corrected chi connectivity index (χ3v) is 5.43. The van der Waals surface area contributed by atoms with Gasteiger partial charge in [0, 0.05) is 29.6 Å². The Balaban J connectivity index is 1.88. The van der Waals surface area contributed by atoms with Gasteiger partial charge in [-0.15, -0.1) is 0 Å². The van der Waals surface area contributed by atoms with Crippen molar-refractivity contribution in [2.45, 2.75) is 38.6 Å². The molecule has 1 N–H and O–H groups in total. The first-order valence-corrected chi connectivity index (χ1v) is 8.52. The minimum absolute atomic E-state index is 0.155. The molecule has 0 radical (unpaired) electrons. The zero-order chi connectivity index (χ0) is 18.2. The Bertz CT molecular complexity index is 907. The van der Waals surface area contributed by atoms with Crippen molar-refractivity contribution in [3.63, 3.8) is 0 Å². The van der Waals surface area contributed by atoms with Gasteiger partial charge in [0.05, 0.1) is 0 Å². The van der Waals surface area contributed by atoms with Crippen LogP contribution in [0.3, 0.4) is 0 Å². The maximum absolute atomic E-state index is 12.8. The number of pyridine rings is 1. The van der Waals surface area contributed by atoms with Crippen LogP contribution >= 0.6 is 0 Å². The molecule has 0 unspecified atom stereocenters. The van der Waals surface area contributed by atoms with Gasteiger partial charge in [-0.2, -0.15) is 0 Å². The monoisotopic (exact) mass is 335 g/mol. The van der Waals surface area contributed by atoms with Gasteiger partial charge in [0.15, 0.2) is 0 Å². The van der Waals surface area contributed by atoms with Crippen molar-refractivity contribution in [3.05, 3.63) is 66.0 Å². The highest BCUT2D eigenvalue weighted by Crippen LogP contribution is 2.34. The van der Waals surface area contributed by atoms with E-state index in [0.717, 1.165) is 11.0 Å². The van der Waals surface area contributed by atoms with Gasteiger partial charge < -0.3 is 9.88 Å². The predicted molar refractivity (Wildman–Crippen MR) is 102 cm³/mol. The lowest BCUT2D eigenvalue weighted by Crippen LogP contribution is -2.56. The molecule has 4 nitrogen and oxygen atoms in total. The Kier molecular flexibility index (Phi) is 4.15. The summed E-state index contributed by atoms with van der Waals surface area (Å²) in [5.74, 6) is -0.155. The van der Waals surface area contributed by atoms with Crippen molar-refractivity contribution in [2.75, 3.05) is 0 Å². The molecule has 0 spiro atoms. The number of benzene rings is 1. The molecule has 1 amide bonds. The molecular weight excluding hydrogens is 310 g/mol. The van der Waals surface area contributed by atoms with E-state index in [1.54, 1.807) is 6.07 Å². The zero-order valence-electron chi connectivity index (χ0n) is 15.5. The van der Waals surface area contributed by atoms with E-state index in [9.17, 15) is 4.79 Å². The van der Waals surface area contributed by atoms with Crippen molar-refractivity contribution >= 4 is 16.9 Å². The molecule has 2 heterocycles. The number of rotatable bonds is 4. The minimum Gasteiger partial charge on any atom is -0.345 e. The lowest BCUT2D eigenvalue weighted by molar-refractivity contribution is 0.0867. The molecule has 3 rings (SSSR count). The third kappa shape index (κ3) is 3.04. The fourth-order valence-electron chi connectivity index (χ4n) is 2.98.